The highest BCUT2D eigenvalue weighted by atomic mass is 16.6. The molecule has 0 spiro atoms. The molecule has 2 N–H and O–H groups in total. The molecule has 1 heterocycles. The van der Waals surface area contributed by atoms with E-state index >= 15 is 0 Å². The Morgan fingerprint density at radius 3 is 3.00 bits per heavy atom. The van der Waals surface area contributed by atoms with Crippen LogP contribution in [0.15, 0.2) is 18.2 Å². The summed E-state index contributed by atoms with van der Waals surface area (Å²) >= 11 is 0. The zero-order valence-corrected chi connectivity index (χ0v) is 10.6. The lowest BCUT2D eigenvalue weighted by Crippen LogP contribution is -2.38. The van der Waals surface area contributed by atoms with E-state index in [9.17, 15) is 10.1 Å². The van der Waals surface area contributed by atoms with Crippen molar-refractivity contribution >= 4 is 11.4 Å². The fourth-order valence-electron chi connectivity index (χ4n) is 2.48. The lowest BCUT2D eigenvalue weighted by atomic mass is 9.97. The molecule has 1 aliphatic heterocycles. The van der Waals surface area contributed by atoms with E-state index in [1.54, 1.807) is 13.0 Å². The SMILES string of the molecule is Cc1ccc(N2CCCC(CN)C2)cc1[N+](=O)[O-]. The maximum absolute atomic E-state index is 10.9. The summed E-state index contributed by atoms with van der Waals surface area (Å²) < 4.78 is 0. The standard InChI is InChI=1S/C13H19N3O2/c1-10-4-5-12(7-13(10)16(17)18)15-6-2-3-11(8-14)9-15/h4-5,7,11H,2-3,6,8-9,14H2,1H3. The van der Waals surface area contributed by atoms with Gasteiger partial charge in [0.05, 0.1) is 4.92 Å². The van der Waals surface area contributed by atoms with E-state index in [0.29, 0.717) is 18.0 Å². The Hall–Kier alpha value is -1.62. The van der Waals surface area contributed by atoms with Crippen LogP contribution in [0.5, 0.6) is 0 Å². The van der Waals surface area contributed by atoms with E-state index in [0.717, 1.165) is 31.6 Å². The van der Waals surface area contributed by atoms with Crippen LogP contribution in [0.4, 0.5) is 11.4 Å². The molecule has 0 amide bonds. The molecule has 5 nitrogen and oxygen atoms in total. The summed E-state index contributed by atoms with van der Waals surface area (Å²) in [7, 11) is 0. The zero-order chi connectivity index (χ0) is 13.1. The van der Waals surface area contributed by atoms with Gasteiger partial charge in [0.2, 0.25) is 0 Å². The van der Waals surface area contributed by atoms with Gasteiger partial charge in [-0.25, -0.2) is 0 Å². The lowest BCUT2D eigenvalue weighted by Gasteiger charge is -2.33. The minimum absolute atomic E-state index is 0.197. The van der Waals surface area contributed by atoms with Crippen molar-refractivity contribution in [2.75, 3.05) is 24.5 Å². The Kier molecular flexibility index (Phi) is 3.81. The lowest BCUT2D eigenvalue weighted by molar-refractivity contribution is -0.385. The van der Waals surface area contributed by atoms with Crippen molar-refractivity contribution in [1.29, 1.82) is 0 Å². The van der Waals surface area contributed by atoms with E-state index in [1.807, 2.05) is 12.1 Å². The number of hydrogen-bond donors (Lipinski definition) is 1. The molecule has 1 aromatic rings. The molecule has 0 aromatic heterocycles. The highest BCUT2D eigenvalue weighted by Crippen LogP contribution is 2.28. The Morgan fingerprint density at radius 1 is 1.56 bits per heavy atom. The Bertz CT molecular complexity index is 448. The number of nitrogens with two attached hydrogens (primary N) is 1. The maximum Gasteiger partial charge on any atom is 0.274 e. The third-order valence-corrected chi connectivity index (χ3v) is 3.61. The van der Waals surface area contributed by atoms with Crippen LogP contribution in [-0.4, -0.2) is 24.6 Å². The normalized spacial score (nSPS) is 19.9. The van der Waals surface area contributed by atoms with Crippen molar-refractivity contribution in [1.82, 2.24) is 0 Å². The molecule has 1 unspecified atom stereocenters. The van der Waals surface area contributed by atoms with Crippen LogP contribution in [0.2, 0.25) is 0 Å². The predicted molar refractivity (Wildman–Crippen MR) is 71.8 cm³/mol. The molecule has 2 rings (SSSR count). The third-order valence-electron chi connectivity index (χ3n) is 3.61. The van der Waals surface area contributed by atoms with Crippen molar-refractivity contribution in [2.45, 2.75) is 19.8 Å². The molecule has 5 heteroatoms. The highest BCUT2D eigenvalue weighted by molar-refractivity contribution is 5.56. The summed E-state index contributed by atoms with van der Waals surface area (Å²) in [5.41, 5.74) is 7.55. The molecular formula is C13H19N3O2. The average molecular weight is 249 g/mol. The number of nitrogens with zero attached hydrogens (tertiary/aromatic N) is 2. The molecule has 1 aliphatic rings. The summed E-state index contributed by atoms with van der Waals surface area (Å²) in [5, 5.41) is 10.9. The molecule has 98 valence electrons. The molecule has 0 bridgehead atoms. The number of rotatable bonds is 3. The molecule has 1 atom stereocenters. The van der Waals surface area contributed by atoms with Crippen LogP contribution in [0.1, 0.15) is 18.4 Å². The second-order valence-corrected chi connectivity index (χ2v) is 4.92. The van der Waals surface area contributed by atoms with Gasteiger partial charge in [0.1, 0.15) is 0 Å². The second kappa shape index (κ2) is 5.35. The van der Waals surface area contributed by atoms with Crippen LogP contribution < -0.4 is 10.6 Å². The van der Waals surface area contributed by atoms with Gasteiger partial charge in [-0.3, -0.25) is 10.1 Å². The number of hydrogen-bond acceptors (Lipinski definition) is 4. The summed E-state index contributed by atoms with van der Waals surface area (Å²) in [6.07, 6.45) is 2.25. The third kappa shape index (κ3) is 2.61. The smallest absolute Gasteiger partial charge is 0.274 e. The Balaban J connectivity index is 2.22. The van der Waals surface area contributed by atoms with Gasteiger partial charge in [-0.1, -0.05) is 6.07 Å². The van der Waals surface area contributed by atoms with Crippen molar-refractivity contribution in [3.8, 4) is 0 Å². The van der Waals surface area contributed by atoms with Gasteiger partial charge in [-0.15, -0.1) is 0 Å². The number of benzene rings is 1. The summed E-state index contributed by atoms with van der Waals surface area (Å²) in [6, 6.07) is 5.45. The Morgan fingerprint density at radius 2 is 2.33 bits per heavy atom. The van der Waals surface area contributed by atoms with Gasteiger partial charge in [0, 0.05) is 30.4 Å². The molecule has 0 aliphatic carbocycles. The minimum atomic E-state index is -0.316. The summed E-state index contributed by atoms with van der Waals surface area (Å²) in [4.78, 5) is 12.8. The van der Waals surface area contributed by atoms with E-state index in [-0.39, 0.29) is 10.6 Å². The number of nitro groups is 1. The van der Waals surface area contributed by atoms with Gasteiger partial charge >= 0.3 is 0 Å². The van der Waals surface area contributed by atoms with Crippen LogP contribution in [0, 0.1) is 23.0 Å². The summed E-state index contributed by atoms with van der Waals surface area (Å²) in [6.45, 7) is 4.30. The molecular weight excluding hydrogens is 230 g/mol. The maximum atomic E-state index is 10.9. The van der Waals surface area contributed by atoms with Crippen molar-refractivity contribution in [2.24, 2.45) is 11.7 Å². The van der Waals surface area contributed by atoms with E-state index < -0.39 is 0 Å². The van der Waals surface area contributed by atoms with Crippen molar-refractivity contribution in [3.63, 3.8) is 0 Å². The zero-order valence-electron chi connectivity index (χ0n) is 10.6. The van der Waals surface area contributed by atoms with Crippen molar-refractivity contribution < 1.29 is 4.92 Å². The van der Waals surface area contributed by atoms with E-state index in [4.69, 9.17) is 5.73 Å². The van der Waals surface area contributed by atoms with E-state index in [1.165, 1.54) is 0 Å². The fraction of sp³-hybridized carbons (Fsp3) is 0.538. The second-order valence-electron chi connectivity index (χ2n) is 4.92. The number of piperidine rings is 1. The molecule has 1 fully saturated rings. The highest BCUT2D eigenvalue weighted by Gasteiger charge is 2.21. The van der Waals surface area contributed by atoms with Gasteiger partial charge < -0.3 is 10.6 Å². The quantitative estimate of drug-likeness (QED) is 0.657. The average Bonchev–Trinajstić information content (AvgIpc) is 2.39. The van der Waals surface area contributed by atoms with Gasteiger partial charge in [0.25, 0.3) is 5.69 Å². The van der Waals surface area contributed by atoms with Crippen LogP contribution in [-0.2, 0) is 0 Å². The minimum Gasteiger partial charge on any atom is -0.371 e. The fourth-order valence-corrected chi connectivity index (χ4v) is 2.48. The first-order valence-electron chi connectivity index (χ1n) is 6.32. The first-order chi connectivity index (χ1) is 8.61. The van der Waals surface area contributed by atoms with Crippen molar-refractivity contribution in [3.05, 3.63) is 33.9 Å². The topological polar surface area (TPSA) is 72.4 Å². The van der Waals surface area contributed by atoms with Crippen LogP contribution in [0.25, 0.3) is 0 Å². The molecule has 0 radical (unpaired) electrons. The van der Waals surface area contributed by atoms with Crippen LogP contribution >= 0.6 is 0 Å². The monoisotopic (exact) mass is 249 g/mol. The first kappa shape index (κ1) is 12.8. The molecule has 1 saturated heterocycles. The predicted octanol–water partition coefficient (Wildman–Crippen LogP) is 2.08. The van der Waals surface area contributed by atoms with Crippen LogP contribution in [0.3, 0.4) is 0 Å². The number of aryl methyl sites for hydroxylation is 1. The number of anilines is 1. The summed E-state index contributed by atoms with van der Waals surface area (Å²) in [5.74, 6) is 0.499. The Labute approximate surface area is 107 Å². The molecule has 0 saturated carbocycles. The molecule has 18 heavy (non-hydrogen) atoms. The van der Waals surface area contributed by atoms with Gasteiger partial charge in [-0.2, -0.15) is 0 Å². The largest absolute Gasteiger partial charge is 0.371 e. The van der Waals surface area contributed by atoms with Gasteiger partial charge in [0.15, 0.2) is 0 Å². The van der Waals surface area contributed by atoms with Gasteiger partial charge in [-0.05, 0) is 38.3 Å². The molecule has 1 aromatic carbocycles. The number of nitro benzene ring substituents is 1. The first-order valence-corrected chi connectivity index (χ1v) is 6.32. The van der Waals surface area contributed by atoms with E-state index in [2.05, 4.69) is 4.90 Å².